The number of aromatic amines is 1. The normalized spacial score (nSPS) is 11.8. The van der Waals surface area contributed by atoms with E-state index >= 15 is 0 Å². The number of fused-ring (bicyclic) bond motifs is 1. The molecule has 1 unspecified atom stereocenters. The summed E-state index contributed by atoms with van der Waals surface area (Å²) in [5.74, 6) is -1.06. The highest BCUT2D eigenvalue weighted by molar-refractivity contribution is 7.96. The average Bonchev–Trinajstić information content (AvgIpc) is 2.68. The van der Waals surface area contributed by atoms with Gasteiger partial charge in [0.25, 0.3) is 0 Å². The fourth-order valence-corrected chi connectivity index (χ4v) is 4.16. The van der Waals surface area contributed by atoms with Crippen LogP contribution in [0.25, 0.3) is 10.9 Å². The predicted molar refractivity (Wildman–Crippen MR) is 108 cm³/mol. The maximum atomic E-state index is 12.7. The van der Waals surface area contributed by atoms with E-state index in [0.29, 0.717) is 16.7 Å². The number of H-pyrrole nitrogens is 1. The number of hydrogen-bond donors (Lipinski definition) is 1. The summed E-state index contributed by atoms with van der Waals surface area (Å²) < 4.78 is 10.3. The van der Waals surface area contributed by atoms with Crippen LogP contribution in [-0.2, 0) is 20.4 Å². The van der Waals surface area contributed by atoms with Gasteiger partial charge in [-0.15, -0.1) is 0 Å². The highest BCUT2D eigenvalue weighted by Gasteiger charge is 2.23. The van der Waals surface area contributed by atoms with Gasteiger partial charge in [0.15, 0.2) is 0 Å². The fraction of sp³-hybridized carbons (Fsp3) is 0.190. The van der Waals surface area contributed by atoms with Crippen molar-refractivity contribution in [3.63, 3.8) is 0 Å². The second-order valence-corrected chi connectivity index (χ2v) is 8.32. The van der Waals surface area contributed by atoms with E-state index in [1.807, 2.05) is 0 Å². The Labute approximate surface area is 169 Å². The molecule has 0 amide bonds. The van der Waals surface area contributed by atoms with E-state index in [2.05, 4.69) is 4.98 Å². The van der Waals surface area contributed by atoms with E-state index in [-0.39, 0.29) is 28.6 Å². The Hall–Kier alpha value is -3.26. The first-order valence-electron chi connectivity index (χ1n) is 8.77. The second kappa shape index (κ2) is 8.83. The lowest BCUT2D eigenvalue weighted by atomic mass is 10.2. The number of esters is 2. The van der Waals surface area contributed by atoms with Crippen molar-refractivity contribution in [2.24, 2.45) is 0 Å². The molecule has 8 heteroatoms. The SMILES string of the molecule is CC(=O)Oc1ccccc1C(=O)OCC[S+](C)c1c([O-])c2ccccc2[nH]c1=O. The zero-order valence-corrected chi connectivity index (χ0v) is 16.7. The summed E-state index contributed by atoms with van der Waals surface area (Å²) in [5, 5.41) is 13.1. The molecule has 0 aliphatic rings. The van der Waals surface area contributed by atoms with Gasteiger partial charge in [0.1, 0.15) is 29.9 Å². The summed E-state index contributed by atoms with van der Waals surface area (Å²) in [6.07, 6.45) is 1.77. The molecule has 0 aliphatic carbocycles. The number of ether oxygens (including phenoxy) is 2. The van der Waals surface area contributed by atoms with Gasteiger partial charge in [0.2, 0.25) is 4.90 Å². The molecule has 29 heavy (non-hydrogen) atoms. The molecule has 0 bridgehead atoms. The molecule has 7 nitrogen and oxygen atoms in total. The first kappa shape index (κ1) is 20.5. The number of rotatable bonds is 6. The zero-order chi connectivity index (χ0) is 21.0. The number of benzene rings is 2. The molecule has 3 rings (SSSR count). The van der Waals surface area contributed by atoms with Crippen molar-refractivity contribution < 1.29 is 24.2 Å². The van der Waals surface area contributed by atoms with Gasteiger partial charge in [-0.05, 0) is 29.3 Å². The summed E-state index contributed by atoms with van der Waals surface area (Å²) >= 11 is 0. The van der Waals surface area contributed by atoms with Gasteiger partial charge >= 0.3 is 17.5 Å². The van der Waals surface area contributed by atoms with E-state index in [1.54, 1.807) is 42.7 Å². The third kappa shape index (κ3) is 4.60. The van der Waals surface area contributed by atoms with Crippen LogP contribution in [0.3, 0.4) is 0 Å². The number of nitrogens with one attached hydrogen (secondary N) is 1. The van der Waals surface area contributed by atoms with Crippen molar-refractivity contribution in [1.29, 1.82) is 0 Å². The Bertz CT molecular complexity index is 1120. The van der Waals surface area contributed by atoms with Gasteiger partial charge in [-0.1, -0.05) is 30.3 Å². The summed E-state index contributed by atoms with van der Waals surface area (Å²) in [6, 6.07) is 13.1. The lowest BCUT2D eigenvalue weighted by Crippen LogP contribution is -2.24. The number of pyridine rings is 1. The smallest absolute Gasteiger partial charge is 0.342 e. The van der Waals surface area contributed by atoms with Gasteiger partial charge in [0, 0.05) is 23.3 Å². The molecule has 2 aromatic carbocycles. The summed E-state index contributed by atoms with van der Waals surface area (Å²) in [7, 11) is -0.719. The molecule has 0 aliphatic heterocycles. The van der Waals surface area contributed by atoms with Gasteiger partial charge in [-0.3, -0.25) is 9.59 Å². The average molecular weight is 413 g/mol. The van der Waals surface area contributed by atoms with Crippen LogP contribution in [0.1, 0.15) is 17.3 Å². The zero-order valence-electron chi connectivity index (χ0n) is 15.9. The molecule has 0 radical (unpaired) electrons. The minimum atomic E-state index is -0.719. The molecule has 0 saturated heterocycles. The van der Waals surface area contributed by atoms with Crippen molar-refractivity contribution in [1.82, 2.24) is 4.98 Å². The molecule has 0 spiro atoms. The molecule has 1 aromatic heterocycles. The summed E-state index contributed by atoms with van der Waals surface area (Å²) in [4.78, 5) is 38.8. The van der Waals surface area contributed by atoms with Crippen LogP contribution in [0.5, 0.6) is 11.5 Å². The summed E-state index contributed by atoms with van der Waals surface area (Å²) in [6.45, 7) is 1.26. The maximum absolute atomic E-state index is 12.7. The third-order valence-electron chi connectivity index (χ3n) is 4.16. The Balaban J connectivity index is 1.70. The number of para-hydroxylation sites is 2. The molecule has 1 atom stereocenters. The standard InChI is InChI=1S/C21H19NO6S/c1-13(23)28-17-10-6-4-8-15(17)21(26)27-11-12-29(2)19-18(24)14-7-3-5-9-16(14)22-20(19)25/h3-10H,11-12H2,1-2H3,(H-,22,24,25). The van der Waals surface area contributed by atoms with Crippen LogP contribution in [0.15, 0.2) is 58.2 Å². The number of hydrogen-bond acceptors (Lipinski definition) is 6. The largest absolute Gasteiger partial charge is 0.868 e. The van der Waals surface area contributed by atoms with Crippen LogP contribution in [0, 0.1) is 0 Å². The topological polar surface area (TPSA) is 109 Å². The van der Waals surface area contributed by atoms with Crippen molar-refractivity contribution >= 4 is 33.7 Å². The highest BCUT2D eigenvalue weighted by atomic mass is 32.2. The lowest BCUT2D eigenvalue weighted by molar-refractivity contribution is -0.270. The minimum absolute atomic E-state index is 0.0125. The summed E-state index contributed by atoms with van der Waals surface area (Å²) in [5.41, 5.74) is 0.203. The van der Waals surface area contributed by atoms with Gasteiger partial charge in [0.05, 0.1) is 0 Å². The molecule has 1 heterocycles. The lowest BCUT2D eigenvalue weighted by Gasteiger charge is -2.14. The predicted octanol–water partition coefficient (Wildman–Crippen LogP) is 1.99. The van der Waals surface area contributed by atoms with Crippen molar-refractivity contribution in [2.45, 2.75) is 11.8 Å². The first-order chi connectivity index (χ1) is 13.9. The quantitative estimate of drug-likeness (QED) is 0.376. The Morgan fingerprint density at radius 2 is 1.79 bits per heavy atom. The number of carbonyl (C=O) groups excluding carboxylic acids is 2. The molecule has 150 valence electrons. The molecule has 1 N–H and O–H groups in total. The second-order valence-electron chi connectivity index (χ2n) is 6.22. The van der Waals surface area contributed by atoms with Crippen molar-refractivity contribution in [3.05, 3.63) is 64.4 Å². The van der Waals surface area contributed by atoms with E-state index in [4.69, 9.17) is 9.47 Å². The van der Waals surface area contributed by atoms with E-state index < -0.39 is 28.4 Å². The Morgan fingerprint density at radius 1 is 1.10 bits per heavy atom. The van der Waals surface area contributed by atoms with Crippen molar-refractivity contribution in [3.8, 4) is 11.5 Å². The Morgan fingerprint density at radius 3 is 2.55 bits per heavy atom. The van der Waals surface area contributed by atoms with Crippen LogP contribution < -0.4 is 15.4 Å². The monoisotopic (exact) mass is 413 g/mol. The molecule has 0 fully saturated rings. The van der Waals surface area contributed by atoms with Gasteiger partial charge < -0.3 is 19.6 Å². The van der Waals surface area contributed by atoms with E-state index in [9.17, 15) is 19.5 Å². The number of carbonyl (C=O) groups is 2. The van der Waals surface area contributed by atoms with Crippen molar-refractivity contribution in [2.75, 3.05) is 18.6 Å². The Kier molecular flexibility index (Phi) is 6.23. The van der Waals surface area contributed by atoms with Gasteiger partial charge in [-0.2, -0.15) is 0 Å². The first-order valence-corrected chi connectivity index (χ1v) is 10.6. The maximum Gasteiger partial charge on any atom is 0.342 e. The fourth-order valence-electron chi connectivity index (χ4n) is 2.83. The highest BCUT2D eigenvalue weighted by Crippen LogP contribution is 2.26. The molecular weight excluding hydrogens is 394 g/mol. The van der Waals surface area contributed by atoms with Crippen LogP contribution in [0.4, 0.5) is 0 Å². The van der Waals surface area contributed by atoms with Crippen LogP contribution >= 0.6 is 0 Å². The van der Waals surface area contributed by atoms with Gasteiger partial charge in [-0.25, -0.2) is 4.79 Å². The third-order valence-corrected chi connectivity index (χ3v) is 6.01. The minimum Gasteiger partial charge on any atom is -0.868 e. The molecule has 0 saturated carbocycles. The van der Waals surface area contributed by atoms with E-state index in [1.165, 1.54) is 19.1 Å². The van der Waals surface area contributed by atoms with E-state index in [0.717, 1.165) is 0 Å². The molecule has 3 aromatic rings. The molecular formula is C21H19NO6S. The van der Waals surface area contributed by atoms with Crippen LogP contribution in [0.2, 0.25) is 0 Å². The number of aromatic nitrogens is 1. The van der Waals surface area contributed by atoms with Crippen LogP contribution in [-0.4, -0.2) is 35.5 Å².